The van der Waals surface area contributed by atoms with Gasteiger partial charge in [-0.15, -0.1) is 0 Å². The Morgan fingerprint density at radius 2 is 0.750 bits per heavy atom. The van der Waals surface area contributed by atoms with E-state index in [1.54, 1.807) is 0 Å². The molecule has 0 aromatic heterocycles. The summed E-state index contributed by atoms with van der Waals surface area (Å²) in [5.41, 5.74) is 0. The van der Waals surface area contributed by atoms with Crippen LogP contribution in [0.1, 0.15) is 0 Å². The Hall–Kier alpha value is 2.41. The van der Waals surface area contributed by atoms with Crippen molar-refractivity contribution >= 4 is 0 Å². The van der Waals surface area contributed by atoms with Crippen LogP contribution in [0.2, 0.25) is 0 Å². The van der Waals surface area contributed by atoms with Crippen LogP contribution >= 0.6 is 0 Å². The Morgan fingerprint density at radius 3 is 0.750 bits per heavy atom. The third-order valence-corrected chi connectivity index (χ3v) is 0. The van der Waals surface area contributed by atoms with Crippen LogP contribution in [0.25, 0.3) is 0 Å². The second-order valence-electron chi connectivity index (χ2n) is 0. The van der Waals surface area contributed by atoms with Crippen LogP contribution in [0.4, 0.5) is 0 Å². The normalized spacial score (nSPS) is 0. The summed E-state index contributed by atoms with van der Waals surface area (Å²) in [6.45, 7) is 0. The zero-order chi connectivity index (χ0) is 0. The van der Waals surface area contributed by atoms with E-state index >= 15 is 0 Å². The van der Waals surface area contributed by atoms with Crippen LogP contribution in [0.5, 0.6) is 0 Å². The van der Waals surface area contributed by atoms with Gasteiger partial charge in [0.05, 0.1) is 0 Å². The maximum Gasteiger partial charge on any atom is 1.00 e. The molecule has 16 valence electrons. The second kappa shape index (κ2) is 18.1. The molecular formula is BrFNa2. The molecule has 0 heterocycles. The first kappa shape index (κ1) is 32.3. The fraction of sp³-hybridized carbons (Fsp3) is 0. The molecule has 0 radical (unpaired) electrons. The molecule has 0 aromatic carbocycles. The molecule has 0 amide bonds. The predicted octanol–water partition coefficient (Wildman–Crippen LogP) is -12.0. The van der Waals surface area contributed by atoms with E-state index < -0.39 is 0 Å². The summed E-state index contributed by atoms with van der Waals surface area (Å²) >= 11 is 0. The van der Waals surface area contributed by atoms with Gasteiger partial charge >= 0.3 is 59.1 Å². The molecule has 0 saturated heterocycles. The minimum atomic E-state index is 0. The van der Waals surface area contributed by atoms with E-state index in [0.29, 0.717) is 0 Å². The first-order valence-electron chi connectivity index (χ1n) is 0. The van der Waals surface area contributed by atoms with E-state index in [4.69, 9.17) is 0 Å². The third kappa shape index (κ3) is 8.83. The average molecular weight is 145 g/mol. The largest absolute Gasteiger partial charge is 1.00 e. The van der Waals surface area contributed by atoms with Crippen molar-refractivity contribution in [3.63, 3.8) is 0 Å². The summed E-state index contributed by atoms with van der Waals surface area (Å²) in [5.74, 6) is 0. The van der Waals surface area contributed by atoms with Crippen molar-refractivity contribution < 1.29 is 80.8 Å². The van der Waals surface area contributed by atoms with Gasteiger partial charge in [0.15, 0.2) is 0 Å². The predicted molar refractivity (Wildman–Crippen MR) is 0 cm³/mol. The Labute approximate surface area is 79.4 Å². The zero-order valence-electron chi connectivity index (χ0n) is 2.76. The number of halogens is 2. The van der Waals surface area contributed by atoms with Crippen molar-refractivity contribution in [1.82, 2.24) is 0 Å². The van der Waals surface area contributed by atoms with Gasteiger partial charge in [0, 0.05) is 0 Å². The van der Waals surface area contributed by atoms with E-state index in [2.05, 4.69) is 0 Å². The van der Waals surface area contributed by atoms with Crippen molar-refractivity contribution in [1.29, 1.82) is 0 Å². The molecule has 0 aliphatic carbocycles. The molecule has 0 aromatic rings. The van der Waals surface area contributed by atoms with Crippen LogP contribution in [0.3, 0.4) is 0 Å². The van der Waals surface area contributed by atoms with E-state index in [0.717, 1.165) is 0 Å². The van der Waals surface area contributed by atoms with Gasteiger partial charge in [-0.2, -0.15) is 0 Å². The zero-order valence-corrected chi connectivity index (χ0v) is 8.34. The van der Waals surface area contributed by atoms with Gasteiger partial charge in [0.2, 0.25) is 0 Å². The van der Waals surface area contributed by atoms with Gasteiger partial charge in [-0.25, -0.2) is 0 Å². The molecule has 0 nitrogen and oxygen atoms in total. The monoisotopic (exact) mass is 144 g/mol. The minimum absolute atomic E-state index is 0. The van der Waals surface area contributed by atoms with Crippen molar-refractivity contribution in [3.8, 4) is 0 Å². The van der Waals surface area contributed by atoms with Crippen LogP contribution in [0.15, 0.2) is 0 Å². The Kier molecular flexibility index (Phi) is 146. The minimum Gasteiger partial charge on any atom is -1.00 e. The number of hydrogen-bond donors (Lipinski definition) is 0. The smallest absolute Gasteiger partial charge is 1.00 e. The fourth-order valence-electron chi connectivity index (χ4n) is 0. The van der Waals surface area contributed by atoms with E-state index in [-0.39, 0.29) is 80.8 Å². The van der Waals surface area contributed by atoms with E-state index in [1.807, 2.05) is 0 Å². The maximum atomic E-state index is 0. The van der Waals surface area contributed by atoms with Crippen molar-refractivity contribution in [2.75, 3.05) is 0 Å². The SMILES string of the molecule is [Br-].[F-].[Na+].[Na+]. The van der Waals surface area contributed by atoms with Crippen molar-refractivity contribution in [3.05, 3.63) is 0 Å². The van der Waals surface area contributed by atoms with Crippen molar-refractivity contribution in [2.24, 2.45) is 0 Å². The van der Waals surface area contributed by atoms with E-state index in [9.17, 15) is 0 Å². The third-order valence-electron chi connectivity index (χ3n) is 0. The summed E-state index contributed by atoms with van der Waals surface area (Å²) in [7, 11) is 0. The van der Waals surface area contributed by atoms with Crippen molar-refractivity contribution in [2.45, 2.75) is 0 Å². The second-order valence-corrected chi connectivity index (χ2v) is 0. The van der Waals surface area contributed by atoms with Gasteiger partial charge in [-0.3, -0.25) is 0 Å². The molecule has 0 unspecified atom stereocenters. The molecule has 0 fully saturated rings. The fourth-order valence-corrected chi connectivity index (χ4v) is 0. The van der Waals surface area contributed by atoms with E-state index in [1.165, 1.54) is 0 Å². The molecule has 0 spiro atoms. The van der Waals surface area contributed by atoms with Crippen LogP contribution in [0, 0.1) is 0 Å². The molecule has 0 aliphatic rings. The van der Waals surface area contributed by atoms with Crippen LogP contribution in [-0.4, -0.2) is 0 Å². The van der Waals surface area contributed by atoms with Gasteiger partial charge in [-0.1, -0.05) is 0 Å². The topological polar surface area (TPSA) is 0 Å². The van der Waals surface area contributed by atoms with Crippen LogP contribution in [-0.2, 0) is 0 Å². The van der Waals surface area contributed by atoms with Gasteiger partial charge in [0.1, 0.15) is 0 Å². The Balaban J connectivity index is 0. The molecule has 0 rings (SSSR count). The molecule has 4 heteroatoms. The number of hydrogen-bond acceptors (Lipinski definition) is 0. The first-order valence-corrected chi connectivity index (χ1v) is 0. The summed E-state index contributed by atoms with van der Waals surface area (Å²) < 4.78 is 0. The average Bonchev–Trinajstić information content (AvgIpc) is 0. The number of rotatable bonds is 0. The molecule has 0 atom stereocenters. The Morgan fingerprint density at radius 1 is 0.750 bits per heavy atom. The standard InChI is InChI=1S/BrH.FH.2Na/h2*1H;;/q;;2*+1/p-2. The molecule has 0 bridgehead atoms. The van der Waals surface area contributed by atoms with Gasteiger partial charge in [0.25, 0.3) is 0 Å². The molecule has 0 saturated carbocycles. The summed E-state index contributed by atoms with van der Waals surface area (Å²) in [5, 5.41) is 0. The summed E-state index contributed by atoms with van der Waals surface area (Å²) in [4.78, 5) is 0. The molecular weight excluding hydrogens is 145 g/mol. The summed E-state index contributed by atoms with van der Waals surface area (Å²) in [6, 6.07) is 0. The van der Waals surface area contributed by atoms with Gasteiger partial charge in [-0.05, 0) is 0 Å². The van der Waals surface area contributed by atoms with Gasteiger partial charge < -0.3 is 21.7 Å². The maximum absolute atomic E-state index is 0. The Bertz CT molecular complexity index is 6.00. The van der Waals surface area contributed by atoms with Crippen LogP contribution < -0.4 is 80.8 Å². The molecule has 0 N–H and O–H groups in total. The molecule has 4 heavy (non-hydrogen) atoms. The molecule has 0 aliphatic heterocycles. The summed E-state index contributed by atoms with van der Waals surface area (Å²) in [6.07, 6.45) is 0. The first-order chi connectivity index (χ1) is 0. The quantitative estimate of drug-likeness (QED) is 0.297.